The summed E-state index contributed by atoms with van der Waals surface area (Å²) in [5.41, 5.74) is 2.64. The first-order valence-corrected chi connectivity index (χ1v) is 6.42. The number of nitrogens with zero attached hydrogens (tertiary/aromatic N) is 2. The lowest BCUT2D eigenvalue weighted by Gasteiger charge is -2.03. The van der Waals surface area contributed by atoms with Crippen LogP contribution in [0.4, 0.5) is 0 Å². The van der Waals surface area contributed by atoms with Gasteiger partial charge in [0.1, 0.15) is 0 Å². The number of nitrogens with one attached hydrogen (secondary N) is 3. The van der Waals surface area contributed by atoms with E-state index in [4.69, 9.17) is 0 Å². The largest absolute Gasteiger partial charge is 0.364 e. The highest BCUT2D eigenvalue weighted by atomic mass is 79.9. The van der Waals surface area contributed by atoms with Gasteiger partial charge in [0.25, 0.3) is 5.56 Å². The highest BCUT2D eigenvalue weighted by Gasteiger charge is 2.13. The third-order valence-electron chi connectivity index (χ3n) is 2.74. The number of hydrogen-bond acceptors (Lipinski definition) is 3. The summed E-state index contributed by atoms with van der Waals surface area (Å²) in [7, 11) is 0. The van der Waals surface area contributed by atoms with Gasteiger partial charge in [-0.2, -0.15) is 0 Å². The fourth-order valence-electron chi connectivity index (χ4n) is 1.90. The van der Waals surface area contributed by atoms with Crippen LogP contribution in [0.15, 0.2) is 40.1 Å². The van der Waals surface area contributed by atoms with Gasteiger partial charge in [0.05, 0.1) is 17.0 Å². The molecule has 3 N–H and O–H groups in total. The van der Waals surface area contributed by atoms with Crippen molar-refractivity contribution in [1.82, 2.24) is 25.1 Å². The quantitative estimate of drug-likeness (QED) is 0.688. The van der Waals surface area contributed by atoms with E-state index >= 15 is 0 Å². The highest BCUT2D eigenvalue weighted by Crippen LogP contribution is 2.19. The predicted molar refractivity (Wildman–Crippen MR) is 73.7 cm³/mol. The van der Waals surface area contributed by atoms with E-state index in [1.807, 2.05) is 12.3 Å². The molecule has 0 atom stereocenters. The van der Waals surface area contributed by atoms with Gasteiger partial charge in [0, 0.05) is 41.4 Å². The molecule has 0 spiro atoms. The molecule has 0 bridgehead atoms. The normalized spacial score (nSPS) is 10.8. The van der Waals surface area contributed by atoms with Crippen molar-refractivity contribution in [2.24, 2.45) is 0 Å². The number of hydrogen-bond donors (Lipinski definition) is 3. The van der Waals surface area contributed by atoms with Gasteiger partial charge in [0.2, 0.25) is 0 Å². The molecule has 0 aliphatic rings. The van der Waals surface area contributed by atoms with E-state index in [-0.39, 0.29) is 5.56 Å². The lowest BCUT2D eigenvalue weighted by Crippen LogP contribution is -2.06. The van der Waals surface area contributed by atoms with E-state index in [9.17, 15) is 4.79 Å². The van der Waals surface area contributed by atoms with Gasteiger partial charge >= 0.3 is 0 Å². The molecule has 0 radical (unpaired) electrons. The minimum Gasteiger partial charge on any atom is -0.364 e. The molecule has 0 aliphatic heterocycles. The topological polar surface area (TPSA) is 90.2 Å². The van der Waals surface area contributed by atoms with E-state index < -0.39 is 0 Å². The predicted octanol–water partition coefficient (Wildman–Crippen LogP) is 1.84. The number of H-pyrrole nitrogens is 3. The Labute approximate surface area is 116 Å². The average Bonchev–Trinajstić information content (AvgIpc) is 2.99. The molecule has 0 amide bonds. The van der Waals surface area contributed by atoms with Crippen LogP contribution in [0, 0.1) is 0 Å². The van der Waals surface area contributed by atoms with Gasteiger partial charge in [0.15, 0.2) is 0 Å². The summed E-state index contributed by atoms with van der Waals surface area (Å²) >= 11 is 3.39. The van der Waals surface area contributed by atoms with Crippen LogP contribution in [0.1, 0.15) is 11.4 Å². The lowest BCUT2D eigenvalue weighted by molar-refractivity contribution is 1.00. The lowest BCUT2D eigenvalue weighted by atomic mass is 10.1. The Kier molecular flexibility index (Phi) is 3.04. The fourth-order valence-corrected chi connectivity index (χ4v) is 2.29. The summed E-state index contributed by atoms with van der Waals surface area (Å²) in [5, 5.41) is 5.17. The first-order chi connectivity index (χ1) is 9.24. The molecule has 7 heteroatoms. The Hall–Kier alpha value is -2.15. The summed E-state index contributed by atoms with van der Waals surface area (Å²) in [6.45, 7) is 0. The summed E-state index contributed by atoms with van der Waals surface area (Å²) in [6.07, 6.45) is 7.24. The zero-order valence-electron chi connectivity index (χ0n) is 9.77. The molecule has 96 valence electrons. The van der Waals surface area contributed by atoms with Crippen molar-refractivity contribution in [3.05, 3.63) is 57.1 Å². The third-order valence-corrected chi connectivity index (χ3v) is 3.20. The maximum absolute atomic E-state index is 11.7. The first kappa shape index (κ1) is 11.9. The van der Waals surface area contributed by atoms with Crippen molar-refractivity contribution in [3.63, 3.8) is 0 Å². The molecule has 6 nitrogen and oxygen atoms in total. The maximum atomic E-state index is 11.7. The number of aromatic amines is 3. The van der Waals surface area contributed by atoms with Crippen LogP contribution in [-0.4, -0.2) is 25.1 Å². The molecule has 0 saturated carbocycles. The maximum Gasteiger partial charge on any atom is 0.273 e. The van der Waals surface area contributed by atoms with Crippen LogP contribution in [-0.2, 0) is 6.42 Å². The first-order valence-electron chi connectivity index (χ1n) is 5.63. The van der Waals surface area contributed by atoms with E-state index in [0.29, 0.717) is 17.7 Å². The van der Waals surface area contributed by atoms with Gasteiger partial charge < -0.3 is 10.1 Å². The summed E-state index contributed by atoms with van der Waals surface area (Å²) in [6, 6.07) is 1.97. The monoisotopic (exact) mass is 319 g/mol. The summed E-state index contributed by atoms with van der Waals surface area (Å²) < 4.78 is 0.979. The second kappa shape index (κ2) is 4.85. The molecule has 3 heterocycles. The van der Waals surface area contributed by atoms with Gasteiger partial charge in [-0.3, -0.25) is 19.9 Å². The molecular weight excluding hydrogens is 310 g/mol. The summed E-state index contributed by atoms with van der Waals surface area (Å²) in [5.74, 6) is 0. The molecule has 0 unspecified atom stereocenters. The summed E-state index contributed by atoms with van der Waals surface area (Å²) in [4.78, 5) is 23.4. The van der Waals surface area contributed by atoms with E-state index in [0.717, 1.165) is 15.9 Å². The van der Waals surface area contributed by atoms with Crippen LogP contribution in [0.25, 0.3) is 11.3 Å². The minimum absolute atomic E-state index is 0.200. The zero-order chi connectivity index (χ0) is 13.2. The molecule has 0 aliphatic carbocycles. The second-order valence-electron chi connectivity index (χ2n) is 4.03. The molecule has 0 saturated heterocycles. The average molecular weight is 320 g/mol. The number of rotatable bonds is 3. The van der Waals surface area contributed by atoms with Crippen LogP contribution < -0.4 is 5.56 Å². The number of halogens is 1. The molecule has 3 aromatic heterocycles. The molecule has 3 rings (SSSR count). The van der Waals surface area contributed by atoms with Crippen LogP contribution >= 0.6 is 15.9 Å². The minimum atomic E-state index is -0.200. The van der Waals surface area contributed by atoms with Gasteiger partial charge in [-0.25, -0.2) is 0 Å². The third kappa shape index (κ3) is 2.37. The number of aromatic nitrogens is 5. The van der Waals surface area contributed by atoms with E-state index in [1.54, 1.807) is 18.6 Å². The second-order valence-corrected chi connectivity index (χ2v) is 4.94. The Balaban J connectivity index is 2.03. The zero-order valence-corrected chi connectivity index (χ0v) is 11.4. The van der Waals surface area contributed by atoms with Crippen LogP contribution in [0.5, 0.6) is 0 Å². The van der Waals surface area contributed by atoms with E-state index in [1.165, 1.54) is 0 Å². The smallest absolute Gasteiger partial charge is 0.273 e. The van der Waals surface area contributed by atoms with Gasteiger partial charge in [-0.1, -0.05) is 0 Å². The fraction of sp³-hybridized carbons (Fsp3) is 0.0833. The van der Waals surface area contributed by atoms with Gasteiger partial charge in [-0.05, 0) is 22.0 Å². The van der Waals surface area contributed by atoms with Crippen LogP contribution in [0.3, 0.4) is 0 Å². The molecule has 0 fully saturated rings. The SMILES string of the molecule is O=c1[nH][nH]cc1-c1nccnc1Cc1cc(Br)c[nH]1. The van der Waals surface area contributed by atoms with Crippen molar-refractivity contribution in [1.29, 1.82) is 0 Å². The Morgan fingerprint density at radius 1 is 1.21 bits per heavy atom. The molecule has 19 heavy (non-hydrogen) atoms. The standard InChI is InChI=1S/C12H10BrN5O/c13-7-3-8(16-5-7)4-10-11(15-2-1-14-10)9-6-17-18-12(9)19/h1-3,5-6,16H,4H2,(H2,17,18,19). The molecule has 0 aromatic carbocycles. The van der Waals surface area contributed by atoms with E-state index in [2.05, 4.69) is 41.1 Å². The highest BCUT2D eigenvalue weighted by molar-refractivity contribution is 9.10. The Morgan fingerprint density at radius 2 is 2.05 bits per heavy atom. The van der Waals surface area contributed by atoms with Gasteiger partial charge in [-0.15, -0.1) is 0 Å². The van der Waals surface area contributed by atoms with Crippen LogP contribution in [0.2, 0.25) is 0 Å². The van der Waals surface area contributed by atoms with Crippen molar-refractivity contribution in [2.75, 3.05) is 0 Å². The Bertz CT molecular complexity index is 757. The van der Waals surface area contributed by atoms with Crippen molar-refractivity contribution >= 4 is 15.9 Å². The van der Waals surface area contributed by atoms with Crippen molar-refractivity contribution in [2.45, 2.75) is 6.42 Å². The Morgan fingerprint density at radius 3 is 2.74 bits per heavy atom. The molecular formula is C12H10BrN5O. The molecule has 3 aromatic rings. The van der Waals surface area contributed by atoms with Crippen molar-refractivity contribution in [3.8, 4) is 11.3 Å². The van der Waals surface area contributed by atoms with Crippen molar-refractivity contribution < 1.29 is 0 Å².